The fraction of sp³-hybridized carbons (Fsp3) is 1.00. The molecule has 0 saturated carbocycles. The lowest BCUT2D eigenvalue weighted by atomic mass is 10.8. The Bertz CT molecular complexity index is 38.0. The second kappa shape index (κ2) is 86.1. The zero-order valence-corrected chi connectivity index (χ0v) is 8.98. The number of hydrogen-bond acceptors (Lipinski definition) is 10. The van der Waals surface area contributed by atoms with Crippen molar-refractivity contribution in [1.82, 2.24) is 0 Å². The Kier molecular flexibility index (Phi) is 159. The van der Waals surface area contributed by atoms with Crippen LogP contribution in [-0.4, -0.2) is 80.7 Å². The van der Waals surface area contributed by atoms with Crippen LogP contribution in [0.5, 0.6) is 0 Å². The molecule has 0 fully saturated rings. The van der Waals surface area contributed by atoms with E-state index in [9.17, 15) is 0 Å². The highest BCUT2D eigenvalue weighted by molar-refractivity contribution is 4.07. The van der Waals surface area contributed by atoms with Crippen molar-refractivity contribution in [2.24, 2.45) is 11.8 Å². The first-order valence-electron chi connectivity index (χ1n) is 3.91. The van der Waals surface area contributed by atoms with Gasteiger partial charge in [0.1, 0.15) is 0 Å². The summed E-state index contributed by atoms with van der Waals surface area (Å²) in [7, 11) is 0. The van der Waals surface area contributed by atoms with E-state index in [1.54, 1.807) is 0 Å². The van der Waals surface area contributed by atoms with Crippen molar-refractivity contribution < 1.29 is 41.1 Å². The van der Waals surface area contributed by atoms with Gasteiger partial charge in [0.15, 0.2) is 0 Å². The number of rotatable bonds is 3. The van der Waals surface area contributed by atoms with Gasteiger partial charge in [-0.1, -0.05) is 0 Å². The van der Waals surface area contributed by atoms with Crippen LogP contribution in [0.1, 0.15) is 0 Å². The molecule has 0 aliphatic heterocycles. The first-order valence-corrected chi connectivity index (χ1v) is 3.91. The molecule has 16 heavy (non-hydrogen) atoms. The molecule has 12 N–H and O–H groups in total. The fourth-order valence-electron chi connectivity index (χ4n) is 0. The van der Waals surface area contributed by atoms with E-state index in [2.05, 4.69) is 11.8 Å². The first-order chi connectivity index (χ1) is 7.74. The smallest absolute Gasteiger partial charge is 0.0662 e. The molecule has 0 aromatic heterocycles. The molecule has 0 aliphatic carbocycles. The minimum Gasteiger partial charge on any atom is -0.394 e. The van der Waals surface area contributed by atoms with Crippen molar-refractivity contribution in [1.29, 1.82) is 0 Å². The maximum Gasteiger partial charge on any atom is 0.0662 e. The summed E-state index contributed by atoms with van der Waals surface area (Å²) < 4.78 is 0. The summed E-state index contributed by atoms with van der Waals surface area (Å²) in [6.45, 7) is -0.750. The molecule has 0 saturated heterocycles. The van der Waals surface area contributed by atoms with Gasteiger partial charge in [-0.15, -0.1) is 0 Å². The highest BCUT2D eigenvalue weighted by Crippen LogP contribution is 1.40. The lowest BCUT2D eigenvalue weighted by molar-refractivity contribution is 0.186. The SMILES string of the molecule is NO.NO.OCCO.OCCO.OCCO. The number of aliphatic hydroxyl groups excluding tert-OH is 6. The summed E-state index contributed by atoms with van der Waals surface area (Å²) in [4.78, 5) is 0. The predicted octanol–water partition coefficient (Wildman–Crippen LogP) is -4.42. The number of nitrogens with two attached hydrogens (primary N) is 2. The topological polar surface area (TPSA) is 214 Å². The van der Waals surface area contributed by atoms with Crippen molar-refractivity contribution in [3.8, 4) is 0 Å². The van der Waals surface area contributed by atoms with Gasteiger partial charge in [0, 0.05) is 0 Å². The highest BCUT2D eigenvalue weighted by Gasteiger charge is 1.58. The predicted molar refractivity (Wildman–Crippen MR) is 54.5 cm³/mol. The molecular weight excluding hydrogens is 228 g/mol. The molecule has 0 aliphatic rings. The molecule has 0 amide bonds. The maximum atomic E-state index is 7.62. The number of aliphatic hydroxyl groups is 6. The molecule has 0 unspecified atom stereocenters. The van der Waals surface area contributed by atoms with Gasteiger partial charge in [0.25, 0.3) is 0 Å². The van der Waals surface area contributed by atoms with Gasteiger partial charge in [0.05, 0.1) is 39.6 Å². The van der Waals surface area contributed by atoms with Crippen LogP contribution in [0, 0.1) is 0 Å². The van der Waals surface area contributed by atoms with Gasteiger partial charge in [-0.05, 0) is 0 Å². The molecule has 0 heterocycles. The second-order valence-corrected chi connectivity index (χ2v) is 1.34. The van der Waals surface area contributed by atoms with Gasteiger partial charge < -0.3 is 41.1 Å². The molecule has 0 bridgehead atoms. The molecule has 0 atom stereocenters. The molecule has 10 heteroatoms. The summed E-state index contributed by atoms with van der Waals surface area (Å²) in [6.07, 6.45) is 0. The van der Waals surface area contributed by atoms with Gasteiger partial charge in [-0.25, -0.2) is 11.8 Å². The summed E-state index contributed by atoms with van der Waals surface area (Å²) in [5.41, 5.74) is 0. The van der Waals surface area contributed by atoms with Crippen molar-refractivity contribution >= 4 is 0 Å². The van der Waals surface area contributed by atoms with Crippen LogP contribution < -0.4 is 11.8 Å². The second-order valence-electron chi connectivity index (χ2n) is 1.34. The molecule has 0 rings (SSSR count). The van der Waals surface area contributed by atoms with Crippen LogP contribution in [0.4, 0.5) is 0 Å². The molecule has 10 nitrogen and oxygen atoms in total. The van der Waals surface area contributed by atoms with Crippen LogP contribution in [0.2, 0.25) is 0 Å². The van der Waals surface area contributed by atoms with Crippen LogP contribution in [-0.2, 0) is 0 Å². The summed E-state index contributed by atoms with van der Waals surface area (Å²) in [5, 5.41) is 58.8. The summed E-state index contributed by atoms with van der Waals surface area (Å²) in [5.74, 6) is 7.00. The van der Waals surface area contributed by atoms with Gasteiger partial charge in [-0.3, -0.25) is 0 Å². The third-order valence-corrected chi connectivity index (χ3v) is 0.300. The van der Waals surface area contributed by atoms with E-state index in [4.69, 9.17) is 41.1 Å². The maximum absolute atomic E-state index is 7.62. The lowest BCUT2D eigenvalue weighted by Crippen LogP contribution is -1.85. The standard InChI is InChI=1S/3C2H6O2.2H3NO/c3*3-1-2-4;2*1-2/h3*3-4H,1-2H2;2*2H,1H2. The number of hydrogen-bond donors (Lipinski definition) is 10. The lowest BCUT2D eigenvalue weighted by Gasteiger charge is -1.70. The molecule has 0 spiro atoms. The molecule has 0 aromatic rings. The van der Waals surface area contributed by atoms with Crippen molar-refractivity contribution in [3.63, 3.8) is 0 Å². The van der Waals surface area contributed by atoms with Gasteiger partial charge >= 0.3 is 0 Å². The third-order valence-electron chi connectivity index (χ3n) is 0.300. The minimum absolute atomic E-state index is 0.125. The molecule has 0 aromatic carbocycles. The zero-order chi connectivity index (χ0) is 14.2. The zero-order valence-electron chi connectivity index (χ0n) is 8.98. The van der Waals surface area contributed by atoms with E-state index in [0.717, 1.165) is 0 Å². The average Bonchev–Trinajstić information content (AvgIpc) is 2.43. The summed E-state index contributed by atoms with van der Waals surface area (Å²) >= 11 is 0. The van der Waals surface area contributed by atoms with Crippen LogP contribution in [0.3, 0.4) is 0 Å². The molecular formula is C6H24N2O8. The Morgan fingerprint density at radius 1 is 0.375 bits per heavy atom. The summed E-state index contributed by atoms with van der Waals surface area (Å²) in [6, 6.07) is 0. The highest BCUT2D eigenvalue weighted by atomic mass is 16.4. The fourth-order valence-corrected chi connectivity index (χ4v) is 0. The molecule has 0 radical (unpaired) electrons. The van der Waals surface area contributed by atoms with Crippen LogP contribution in [0.25, 0.3) is 0 Å². The van der Waals surface area contributed by atoms with Crippen LogP contribution in [0.15, 0.2) is 0 Å². The molecule has 106 valence electrons. The van der Waals surface area contributed by atoms with E-state index < -0.39 is 0 Å². The van der Waals surface area contributed by atoms with E-state index in [1.165, 1.54) is 0 Å². The Morgan fingerprint density at radius 2 is 0.438 bits per heavy atom. The van der Waals surface area contributed by atoms with E-state index in [-0.39, 0.29) is 39.6 Å². The van der Waals surface area contributed by atoms with Crippen molar-refractivity contribution in [2.75, 3.05) is 39.6 Å². The Balaban J connectivity index is -0.0000000327. The third kappa shape index (κ3) is 319. The van der Waals surface area contributed by atoms with Gasteiger partial charge in [-0.2, -0.15) is 0 Å². The van der Waals surface area contributed by atoms with E-state index >= 15 is 0 Å². The average molecular weight is 252 g/mol. The van der Waals surface area contributed by atoms with Crippen molar-refractivity contribution in [2.45, 2.75) is 0 Å². The van der Waals surface area contributed by atoms with Crippen molar-refractivity contribution in [3.05, 3.63) is 0 Å². The monoisotopic (exact) mass is 252 g/mol. The van der Waals surface area contributed by atoms with Gasteiger partial charge in [0.2, 0.25) is 0 Å². The van der Waals surface area contributed by atoms with E-state index in [1.807, 2.05) is 0 Å². The Morgan fingerprint density at radius 3 is 0.438 bits per heavy atom. The quantitative estimate of drug-likeness (QED) is 0.217. The normalized spacial score (nSPS) is 6.38. The first kappa shape index (κ1) is 29.6. The Labute approximate surface area is 93.5 Å². The Hall–Kier alpha value is -0.400. The van der Waals surface area contributed by atoms with Crippen LogP contribution >= 0.6 is 0 Å². The largest absolute Gasteiger partial charge is 0.394 e. The van der Waals surface area contributed by atoms with E-state index in [0.29, 0.717) is 0 Å². The minimum atomic E-state index is -0.125.